The van der Waals surface area contributed by atoms with Crippen molar-refractivity contribution in [3.05, 3.63) is 119 Å². The summed E-state index contributed by atoms with van der Waals surface area (Å²) < 4.78 is 2.34. The molecule has 0 saturated heterocycles. The highest BCUT2D eigenvalue weighted by Crippen LogP contribution is 2.30. The first-order valence-electron chi connectivity index (χ1n) is 9.86. The molecule has 5 rings (SSSR count). The molecule has 1 aromatic heterocycles. The predicted octanol–water partition coefficient (Wildman–Crippen LogP) is 6.51. The first-order chi connectivity index (χ1) is 13.8. The van der Waals surface area contributed by atoms with Crippen LogP contribution in [0.25, 0.3) is 21.8 Å². The first kappa shape index (κ1) is 16.8. The van der Waals surface area contributed by atoms with Crippen molar-refractivity contribution < 1.29 is 0 Å². The van der Waals surface area contributed by atoms with Gasteiger partial charge in [-0.25, -0.2) is 0 Å². The Morgan fingerprint density at radius 3 is 1.36 bits per heavy atom. The molecule has 0 amide bonds. The zero-order valence-corrected chi connectivity index (χ0v) is 16.1. The van der Waals surface area contributed by atoms with Crippen LogP contribution in [0.5, 0.6) is 0 Å². The zero-order valence-electron chi connectivity index (χ0n) is 16.1. The largest absolute Gasteiger partial charge is 0.344 e. The quantitative estimate of drug-likeness (QED) is 0.344. The molecule has 1 heteroatoms. The van der Waals surface area contributed by atoms with Gasteiger partial charge in [-0.05, 0) is 47.2 Å². The molecule has 0 aliphatic carbocycles. The Balaban J connectivity index is 1.55. The van der Waals surface area contributed by atoms with Crippen molar-refractivity contribution in [3.8, 4) is 0 Å². The fraction of sp³-hybridized carbons (Fsp3) is 0.111. The Labute approximate surface area is 165 Å². The number of nitrogens with zero attached hydrogens (tertiary/aromatic N) is 1. The Morgan fingerprint density at radius 1 is 0.500 bits per heavy atom. The summed E-state index contributed by atoms with van der Waals surface area (Å²) in [7, 11) is 2.18. The summed E-state index contributed by atoms with van der Waals surface area (Å²) in [6.07, 6.45) is 1.94. The molecule has 1 nitrogen and oxygen atoms in total. The maximum atomic E-state index is 2.35. The number of benzene rings is 4. The minimum atomic E-state index is 0.970. The normalized spacial score (nSPS) is 11.3. The molecule has 0 saturated carbocycles. The second-order valence-electron chi connectivity index (χ2n) is 7.59. The van der Waals surface area contributed by atoms with Crippen LogP contribution in [0, 0.1) is 0 Å². The van der Waals surface area contributed by atoms with Gasteiger partial charge >= 0.3 is 0 Å². The third-order valence-electron chi connectivity index (χ3n) is 5.64. The van der Waals surface area contributed by atoms with E-state index in [1.54, 1.807) is 0 Å². The van der Waals surface area contributed by atoms with E-state index in [0.29, 0.717) is 0 Å². The molecule has 0 fully saturated rings. The molecule has 1 heterocycles. The van der Waals surface area contributed by atoms with Crippen molar-refractivity contribution in [1.29, 1.82) is 0 Å². The molecular formula is C27H23N. The van der Waals surface area contributed by atoms with E-state index in [-0.39, 0.29) is 0 Å². The molecule has 0 N–H and O–H groups in total. The Bertz CT molecular complexity index is 1150. The van der Waals surface area contributed by atoms with Crippen LogP contribution in [0.1, 0.15) is 22.3 Å². The third-order valence-corrected chi connectivity index (χ3v) is 5.64. The van der Waals surface area contributed by atoms with Gasteiger partial charge in [0.15, 0.2) is 0 Å². The van der Waals surface area contributed by atoms with E-state index in [4.69, 9.17) is 0 Å². The maximum absolute atomic E-state index is 2.35. The van der Waals surface area contributed by atoms with Gasteiger partial charge in [-0.3, -0.25) is 0 Å². The minimum absolute atomic E-state index is 0.970. The average molecular weight is 361 g/mol. The molecule has 0 unspecified atom stereocenters. The van der Waals surface area contributed by atoms with Gasteiger partial charge in [0, 0.05) is 28.9 Å². The summed E-state index contributed by atoms with van der Waals surface area (Å²) in [4.78, 5) is 0. The monoisotopic (exact) mass is 361 g/mol. The van der Waals surface area contributed by atoms with E-state index in [0.717, 1.165) is 12.8 Å². The topological polar surface area (TPSA) is 4.93 Å². The van der Waals surface area contributed by atoms with Gasteiger partial charge in [0.05, 0.1) is 0 Å². The van der Waals surface area contributed by atoms with Gasteiger partial charge in [0.1, 0.15) is 0 Å². The fourth-order valence-corrected chi connectivity index (χ4v) is 4.18. The second kappa shape index (κ2) is 7.01. The molecule has 4 aromatic carbocycles. The molecule has 28 heavy (non-hydrogen) atoms. The predicted molar refractivity (Wildman–Crippen MR) is 119 cm³/mol. The van der Waals surface area contributed by atoms with Crippen LogP contribution in [-0.4, -0.2) is 4.57 Å². The number of fused-ring (bicyclic) bond motifs is 3. The van der Waals surface area contributed by atoms with E-state index in [1.165, 1.54) is 44.1 Å². The Hall–Kier alpha value is -3.32. The van der Waals surface area contributed by atoms with Crippen molar-refractivity contribution >= 4 is 21.8 Å². The molecule has 0 aliphatic rings. The van der Waals surface area contributed by atoms with E-state index >= 15 is 0 Å². The molecule has 0 atom stereocenters. The molecule has 0 aliphatic heterocycles. The zero-order chi connectivity index (χ0) is 18.9. The lowest BCUT2D eigenvalue weighted by Crippen LogP contribution is -1.92. The number of aromatic nitrogens is 1. The first-order valence-corrected chi connectivity index (χ1v) is 9.86. The highest BCUT2D eigenvalue weighted by molar-refractivity contribution is 6.08. The van der Waals surface area contributed by atoms with E-state index in [2.05, 4.69) is 109 Å². The van der Waals surface area contributed by atoms with Gasteiger partial charge in [0.25, 0.3) is 0 Å². The number of hydrogen-bond acceptors (Lipinski definition) is 0. The highest BCUT2D eigenvalue weighted by Gasteiger charge is 2.10. The maximum Gasteiger partial charge on any atom is 0.0491 e. The summed E-state index contributed by atoms with van der Waals surface area (Å²) in [5.41, 5.74) is 8.03. The van der Waals surface area contributed by atoms with Gasteiger partial charge in [-0.15, -0.1) is 0 Å². The van der Waals surface area contributed by atoms with Crippen molar-refractivity contribution in [1.82, 2.24) is 4.57 Å². The van der Waals surface area contributed by atoms with Crippen LogP contribution in [0.4, 0.5) is 0 Å². The van der Waals surface area contributed by atoms with Gasteiger partial charge < -0.3 is 4.57 Å². The molecule has 5 aromatic rings. The molecular weight excluding hydrogens is 338 g/mol. The van der Waals surface area contributed by atoms with E-state index in [1.807, 2.05) is 0 Å². The van der Waals surface area contributed by atoms with Crippen LogP contribution < -0.4 is 0 Å². The van der Waals surface area contributed by atoms with Crippen molar-refractivity contribution in [3.63, 3.8) is 0 Å². The highest BCUT2D eigenvalue weighted by atomic mass is 14.9. The Kier molecular flexibility index (Phi) is 4.21. The van der Waals surface area contributed by atoms with Crippen LogP contribution in [0.3, 0.4) is 0 Å². The number of rotatable bonds is 4. The standard InChI is InChI=1S/C27H23N/c1-28-26-18-22(16-20-8-4-2-5-9-20)12-14-24(26)25-15-13-23(19-27(25)28)17-21-10-6-3-7-11-21/h2-15,18-19H,16-17H2,1H3. The van der Waals surface area contributed by atoms with Crippen molar-refractivity contribution in [2.75, 3.05) is 0 Å². The molecule has 0 radical (unpaired) electrons. The molecule has 136 valence electrons. The van der Waals surface area contributed by atoms with Gasteiger partial charge in [0.2, 0.25) is 0 Å². The molecule has 0 bridgehead atoms. The second-order valence-corrected chi connectivity index (χ2v) is 7.59. The van der Waals surface area contributed by atoms with Crippen LogP contribution >= 0.6 is 0 Å². The third kappa shape index (κ3) is 3.10. The molecule has 0 spiro atoms. The Morgan fingerprint density at radius 2 is 0.929 bits per heavy atom. The summed E-state index contributed by atoms with van der Waals surface area (Å²) in [6, 6.07) is 35.2. The number of hydrogen-bond donors (Lipinski definition) is 0. The summed E-state index contributed by atoms with van der Waals surface area (Å²) in [6.45, 7) is 0. The minimum Gasteiger partial charge on any atom is -0.344 e. The van der Waals surface area contributed by atoms with E-state index < -0.39 is 0 Å². The van der Waals surface area contributed by atoms with Gasteiger partial charge in [-0.1, -0.05) is 84.9 Å². The lowest BCUT2D eigenvalue weighted by Gasteiger charge is -2.04. The van der Waals surface area contributed by atoms with Crippen LogP contribution in [0.2, 0.25) is 0 Å². The summed E-state index contributed by atoms with van der Waals surface area (Å²) in [5, 5.41) is 2.67. The SMILES string of the molecule is Cn1c2cc(Cc3ccccc3)ccc2c2ccc(Cc3ccccc3)cc21. The fourth-order valence-electron chi connectivity index (χ4n) is 4.18. The summed E-state index contributed by atoms with van der Waals surface area (Å²) >= 11 is 0. The van der Waals surface area contributed by atoms with E-state index in [9.17, 15) is 0 Å². The lowest BCUT2D eigenvalue weighted by atomic mass is 10.0. The number of aryl methyl sites for hydroxylation is 1. The van der Waals surface area contributed by atoms with Crippen molar-refractivity contribution in [2.24, 2.45) is 7.05 Å². The smallest absolute Gasteiger partial charge is 0.0491 e. The summed E-state index contributed by atoms with van der Waals surface area (Å²) in [5.74, 6) is 0. The average Bonchev–Trinajstić information content (AvgIpc) is 3.01. The van der Waals surface area contributed by atoms with Crippen LogP contribution in [-0.2, 0) is 19.9 Å². The lowest BCUT2D eigenvalue weighted by molar-refractivity contribution is 1.01. The van der Waals surface area contributed by atoms with Gasteiger partial charge in [-0.2, -0.15) is 0 Å². The van der Waals surface area contributed by atoms with Crippen molar-refractivity contribution in [2.45, 2.75) is 12.8 Å². The van der Waals surface area contributed by atoms with Crippen LogP contribution in [0.15, 0.2) is 97.1 Å².